The molecule has 2 heterocycles. The van der Waals surface area contributed by atoms with E-state index in [2.05, 4.69) is 9.97 Å². The fourth-order valence-corrected chi connectivity index (χ4v) is 3.72. The molecule has 0 radical (unpaired) electrons. The minimum absolute atomic E-state index is 0.143. The number of piperidine rings is 1. The molecular weight excluding hydrogens is 362 g/mol. The number of amides is 1. The molecule has 0 bridgehead atoms. The molecule has 0 atom stereocenters. The van der Waals surface area contributed by atoms with Gasteiger partial charge in [0.15, 0.2) is 0 Å². The maximum atomic E-state index is 14.1. The van der Waals surface area contributed by atoms with Crippen molar-refractivity contribution in [2.45, 2.75) is 19.3 Å². The van der Waals surface area contributed by atoms with Crippen molar-refractivity contribution < 1.29 is 13.6 Å². The predicted octanol–water partition coefficient (Wildman–Crippen LogP) is 3.81. The van der Waals surface area contributed by atoms with Gasteiger partial charge in [0, 0.05) is 19.5 Å². The van der Waals surface area contributed by atoms with Crippen LogP contribution in [0.1, 0.15) is 34.6 Å². The summed E-state index contributed by atoms with van der Waals surface area (Å²) in [5.41, 5.74) is 1.19. The molecule has 0 saturated carbocycles. The lowest BCUT2D eigenvalue weighted by Crippen LogP contribution is -2.39. The number of nitrogens with one attached hydrogen (secondary N) is 1. The molecule has 1 amide bonds. The molecule has 1 aromatic heterocycles. The van der Waals surface area contributed by atoms with Crippen molar-refractivity contribution in [3.05, 3.63) is 65.0 Å². The number of likely N-dealkylation sites (tertiary alicyclic amines) is 1. The summed E-state index contributed by atoms with van der Waals surface area (Å²) in [5.74, 6) is -1.39. The van der Waals surface area contributed by atoms with Gasteiger partial charge in [-0.05, 0) is 43.0 Å². The van der Waals surface area contributed by atoms with Crippen molar-refractivity contribution in [3.8, 4) is 6.07 Å². The van der Waals surface area contributed by atoms with E-state index in [4.69, 9.17) is 5.26 Å². The fourth-order valence-electron chi connectivity index (χ4n) is 3.72. The highest BCUT2D eigenvalue weighted by molar-refractivity contribution is 5.95. The molecule has 4 rings (SSSR count). The van der Waals surface area contributed by atoms with Crippen LogP contribution in [0.4, 0.5) is 8.78 Å². The van der Waals surface area contributed by atoms with Crippen molar-refractivity contribution in [3.63, 3.8) is 0 Å². The van der Waals surface area contributed by atoms with Crippen LogP contribution >= 0.6 is 0 Å². The van der Waals surface area contributed by atoms with Crippen LogP contribution in [0.3, 0.4) is 0 Å². The number of nitriles is 1. The van der Waals surface area contributed by atoms with E-state index in [1.54, 1.807) is 6.07 Å². The van der Waals surface area contributed by atoms with E-state index < -0.39 is 23.1 Å². The molecule has 7 heteroatoms. The molecule has 0 spiro atoms. The third kappa shape index (κ3) is 3.46. The zero-order chi connectivity index (χ0) is 19.7. The van der Waals surface area contributed by atoms with Gasteiger partial charge in [0.2, 0.25) is 0 Å². The van der Waals surface area contributed by atoms with Gasteiger partial charge in [0.25, 0.3) is 5.91 Å². The van der Waals surface area contributed by atoms with Crippen molar-refractivity contribution in [1.29, 1.82) is 5.26 Å². The Kier molecular flexibility index (Phi) is 4.78. The molecule has 0 unspecified atom stereocenters. The van der Waals surface area contributed by atoms with Gasteiger partial charge in [-0.25, -0.2) is 13.8 Å². The summed E-state index contributed by atoms with van der Waals surface area (Å²) >= 11 is 0. The van der Waals surface area contributed by atoms with Crippen molar-refractivity contribution >= 4 is 16.9 Å². The Bertz CT molecular complexity index is 1020. The zero-order valence-electron chi connectivity index (χ0n) is 15.1. The summed E-state index contributed by atoms with van der Waals surface area (Å²) in [6.07, 6.45) is 2.25. The maximum Gasteiger partial charge on any atom is 0.259 e. The second kappa shape index (κ2) is 7.39. The summed E-state index contributed by atoms with van der Waals surface area (Å²) in [4.78, 5) is 21.9. The van der Waals surface area contributed by atoms with Crippen molar-refractivity contribution in [2.24, 2.45) is 5.92 Å². The highest BCUT2D eigenvalue weighted by Crippen LogP contribution is 2.25. The van der Waals surface area contributed by atoms with E-state index in [1.807, 2.05) is 24.3 Å². The third-order valence-corrected chi connectivity index (χ3v) is 5.21. The van der Waals surface area contributed by atoms with E-state index in [0.29, 0.717) is 19.0 Å². The number of rotatable bonds is 3. The minimum Gasteiger partial charge on any atom is -0.342 e. The number of halogens is 2. The highest BCUT2D eigenvalue weighted by atomic mass is 19.1. The van der Waals surface area contributed by atoms with Crippen LogP contribution in [0.25, 0.3) is 11.0 Å². The Labute approximate surface area is 160 Å². The van der Waals surface area contributed by atoms with Crippen LogP contribution in [0.2, 0.25) is 0 Å². The molecule has 0 aliphatic carbocycles. The number of aromatic amines is 1. The summed E-state index contributed by atoms with van der Waals surface area (Å²) in [5, 5.41) is 8.77. The van der Waals surface area contributed by atoms with Gasteiger partial charge in [-0.3, -0.25) is 4.79 Å². The first-order chi connectivity index (χ1) is 13.5. The number of fused-ring (bicyclic) bond motifs is 1. The molecule has 1 aliphatic heterocycles. The average Bonchev–Trinajstić information content (AvgIpc) is 3.10. The lowest BCUT2D eigenvalue weighted by Gasteiger charge is -2.32. The largest absolute Gasteiger partial charge is 0.342 e. The normalized spacial score (nSPS) is 15.0. The molecular formula is C21H18F2N4O. The Balaban J connectivity index is 1.41. The number of hydrogen-bond donors (Lipinski definition) is 1. The van der Waals surface area contributed by atoms with Gasteiger partial charge in [-0.2, -0.15) is 5.26 Å². The molecule has 2 aromatic carbocycles. The number of aromatic nitrogens is 2. The number of hydrogen-bond acceptors (Lipinski definition) is 3. The average molecular weight is 380 g/mol. The van der Waals surface area contributed by atoms with Gasteiger partial charge < -0.3 is 9.88 Å². The molecule has 1 aliphatic rings. The van der Waals surface area contributed by atoms with E-state index in [-0.39, 0.29) is 5.56 Å². The Morgan fingerprint density at radius 3 is 2.54 bits per heavy atom. The summed E-state index contributed by atoms with van der Waals surface area (Å²) in [6, 6.07) is 11.3. The molecule has 28 heavy (non-hydrogen) atoms. The molecule has 3 aromatic rings. The first kappa shape index (κ1) is 18.1. The van der Waals surface area contributed by atoms with Crippen LogP contribution in [0.5, 0.6) is 0 Å². The number of nitrogens with zero attached hydrogens (tertiary/aromatic N) is 3. The first-order valence-electron chi connectivity index (χ1n) is 9.17. The summed E-state index contributed by atoms with van der Waals surface area (Å²) in [7, 11) is 0. The molecule has 142 valence electrons. The van der Waals surface area contributed by atoms with Crippen molar-refractivity contribution in [1.82, 2.24) is 14.9 Å². The molecule has 1 fully saturated rings. The fraction of sp³-hybridized carbons (Fsp3) is 0.286. The third-order valence-electron chi connectivity index (χ3n) is 5.21. The number of H-pyrrole nitrogens is 1. The van der Waals surface area contributed by atoms with Crippen LogP contribution in [0.15, 0.2) is 36.4 Å². The second-order valence-corrected chi connectivity index (χ2v) is 7.07. The smallest absolute Gasteiger partial charge is 0.259 e. The van der Waals surface area contributed by atoms with Crippen LogP contribution in [-0.4, -0.2) is 33.9 Å². The standard InChI is InChI=1S/C21H18F2N4O/c22-15-9-14(12-24)10-16(23)20(15)21(28)27-7-5-13(6-8-27)11-19-25-17-3-1-2-4-18(17)26-19/h1-4,9-10,13H,5-8,11H2,(H,25,26). The van der Waals surface area contributed by atoms with Crippen LogP contribution in [0, 0.1) is 28.9 Å². The maximum absolute atomic E-state index is 14.1. The monoisotopic (exact) mass is 380 g/mol. The summed E-state index contributed by atoms with van der Waals surface area (Å²) < 4.78 is 28.2. The second-order valence-electron chi connectivity index (χ2n) is 7.07. The SMILES string of the molecule is N#Cc1cc(F)c(C(=O)N2CCC(Cc3nc4ccccc4[nH]3)CC2)c(F)c1. The Hall–Kier alpha value is -3.27. The molecule has 5 nitrogen and oxygen atoms in total. The number of benzene rings is 2. The molecule has 1 N–H and O–H groups in total. The van der Waals surface area contributed by atoms with E-state index in [0.717, 1.165) is 48.3 Å². The van der Waals surface area contributed by atoms with Gasteiger partial charge in [0.05, 0.1) is 22.7 Å². The van der Waals surface area contributed by atoms with Crippen LogP contribution < -0.4 is 0 Å². The molecule has 1 saturated heterocycles. The minimum atomic E-state index is -0.994. The number of carbonyl (C=O) groups is 1. The first-order valence-corrected chi connectivity index (χ1v) is 9.17. The van der Waals surface area contributed by atoms with E-state index in [1.165, 1.54) is 4.90 Å². The number of para-hydroxylation sites is 2. The summed E-state index contributed by atoms with van der Waals surface area (Å²) in [6.45, 7) is 0.866. The van der Waals surface area contributed by atoms with Gasteiger partial charge in [0.1, 0.15) is 23.0 Å². The van der Waals surface area contributed by atoms with E-state index in [9.17, 15) is 13.6 Å². The van der Waals surface area contributed by atoms with Gasteiger partial charge in [-0.1, -0.05) is 12.1 Å². The lowest BCUT2D eigenvalue weighted by molar-refractivity contribution is 0.0680. The number of carbonyl (C=O) groups excluding carboxylic acids is 1. The predicted molar refractivity (Wildman–Crippen MR) is 99.5 cm³/mol. The lowest BCUT2D eigenvalue weighted by atomic mass is 9.93. The van der Waals surface area contributed by atoms with Crippen LogP contribution in [-0.2, 0) is 6.42 Å². The Morgan fingerprint density at radius 2 is 1.89 bits per heavy atom. The van der Waals surface area contributed by atoms with Gasteiger partial charge in [-0.15, -0.1) is 0 Å². The van der Waals surface area contributed by atoms with Crippen molar-refractivity contribution in [2.75, 3.05) is 13.1 Å². The Morgan fingerprint density at radius 1 is 1.21 bits per heavy atom. The number of imidazole rings is 1. The topological polar surface area (TPSA) is 72.8 Å². The quantitative estimate of drug-likeness (QED) is 0.751. The van der Waals surface area contributed by atoms with E-state index >= 15 is 0 Å². The zero-order valence-corrected chi connectivity index (χ0v) is 15.1. The van der Waals surface area contributed by atoms with Gasteiger partial charge >= 0.3 is 0 Å². The highest BCUT2D eigenvalue weighted by Gasteiger charge is 2.28.